The molecule has 0 radical (unpaired) electrons. The summed E-state index contributed by atoms with van der Waals surface area (Å²) in [5.41, 5.74) is 4.29. The van der Waals surface area contributed by atoms with Gasteiger partial charge in [0.2, 0.25) is 0 Å². The molecule has 1 aromatic rings. The molecule has 0 saturated heterocycles. The zero-order chi connectivity index (χ0) is 18.4. The summed E-state index contributed by atoms with van der Waals surface area (Å²) in [6.07, 6.45) is 15.4. The van der Waals surface area contributed by atoms with E-state index in [2.05, 4.69) is 80.2 Å². The minimum Gasteiger partial charge on any atom is -0.293 e. The molecule has 0 saturated carbocycles. The Bertz CT molecular complexity index is 756. The third-order valence-corrected chi connectivity index (χ3v) is 4.92. The maximum Gasteiger partial charge on any atom is 0.340 e. The van der Waals surface area contributed by atoms with Crippen molar-refractivity contribution in [3.05, 3.63) is 63.4 Å². The molecule has 1 aliphatic rings. The predicted molar refractivity (Wildman–Crippen MR) is 104 cm³/mol. The molecule has 0 amide bonds. The number of allylic oxidation sites excluding steroid dienone is 8. The lowest BCUT2D eigenvalue weighted by Gasteiger charge is -2.32. The molecular weight excluding hydrogens is 310 g/mol. The third-order valence-electron chi connectivity index (χ3n) is 4.92. The van der Waals surface area contributed by atoms with E-state index in [9.17, 15) is 4.79 Å². The molecule has 0 aromatic carbocycles. The Hall–Kier alpha value is -2.10. The summed E-state index contributed by atoms with van der Waals surface area (Å²) in [4.78, 5) is 13.7. The first-order chi connectivity index (χ1) is 11.8. The number of aromatic amines is 2. The van der Waals surface area contributed by atoms with Crippen LogP contribution in [0.3, 0.4) is 0 Å². The Morgan fingerprint density at radius 3 is 2.80 bits per heavy atom. The SMILES string of the molecule is CC1=C(/C=C/C(C)=C/C=C/C(C)Cc2n[nH]c(=O)[nH]2)C(C)(C)CCC1. The Kier molecular flexibility index (Phi) is 6.40. The fourth-order valence-corrected chi connectivity index (χ4v) is 3.45. The average Bonchev–Trinajstić information content (AvgIpc) is 2.91. The van der Waals surface area contributed by atoms with Crippen LogP contribution in [0.5, 0.6) is 0 Å². The zero-order valence-corrected chi connectivity index (χ0v) is 16.1. The van der Waals surface area contributed by atoms with E-state index in [0.29, 0.717) is 11.7 Å². The van der Waals surface area contributed by atoms with Crippen LogP contribution in [-0.4, -0.2) is 15.2 Å². The first-order valence-electron chi connectivity index (χ1n) is 9.15. The van der Waals surface area contributed by atoms with Crippen molar-refractivity contribution in [3.63, 3.8) is 0 Å². The molecule has 0 fully saturated rings. The molecule has 1 heterocycles. The van der Waals surface area contributed by atoms with Crippen molar-refractivity contribution in [2.24, 2.45) is 11.3 Å². The van der Waals surface area contributed by atoms with Gasteiger partial charge in [-0.05, 0) is 50.0 Å². The summed E-state index contributed by atoms with van der Waals surface area (Å²) in [6, 6.07) is 0. The molecule has 4 nitrogen and oxygen atoms in total. The molecule has 2 N–H and O–H groups in total. The molecule has 136 valence electrons. The molecule has 1 aliphatic carbocycles. The largest absolute Gasteiger partial charge is 0.340 e. The lowest BCUT2D eigenvalue weighted by molar-refractivity contribution is 0.377. The minimum atomic E-state index is -0.248. The van der Waals surface area contributed by atoms with Crippen LogP contribution in [0.1, 0.15) is 59.7 Å². The normalized spacial score (nSPS) is 20.0. The number of aromatic nitrogens is 3. The molecule has 1 unspecified atom stereocenters. The average molecular weight is 341 g/mol. The number of H-pyrrole nitrogens is 2. The van der Waals surface area contributed by atoms with E-state index < -0.39 is 0 Å². The van der Waals surface area contributed by atoms with Crippen LogP contribution in [0.4, 0.5) is 0 Å². The van der Waals surface area contributed by atoms with Crippen LogP contribution in [0, 0.1) is 11.3 Å². The first kappa shape index (κ1) is 19.2. The Balaban J connectivity index is 1.95. The van der Waals surface area contributed by atoms with Gasteiger partial charge in [0.1, 0.15) is 5.82 Å². The molecule has 4 heteroatoms. The van der Waals surface area contributed by atoms with Gasteiger partial charge >= 0.3 is 5.69 Å². The van der Waals surface area contributed by atoms with Crippen LogP contribution >= 0.6 is 0 Å². The van der Waals surface area contributed by atoms with Gasteiger partial charge in [0.25, 0.3) is 0 Å². The summed E-state index contributed by atoms with van der Waals surface area (Å²) in [5.74, 6) is 1.01. The Morgan fingerprint density at radius 2 is 2.16 bits per heavy atom. The summed E-state index contributed by atoms with van der Waals surface area (Å²) >= 11 is 0. The maximum atomic E-state index is 11.0. The summed E-state index contributed by atoms with van der Waals surface area (Å²) < 4.78 is 0. The standard InChI is InChI=1S/C21H31N3O/c1-15(11-12-18-17(3)10-7-13-21(18,4)5)8-6-9-16(2)14-19-22-20(25)24-23-19/h6,8-9,11-12,16H,7,10,13-14H2,1-5H3,(H2,22,23,24,25)/b9-6+,12-11+,15-8+. The predicted octanol–water partition coefficient (Wildman–Crippen LogP) is 4.86. The molecule has 0 bridgehead atoms. The van der Waals surface area contributed by atoms with Crippen molar-refractivity contribution in [3.8, 4) is 0 Å². The molecule has 0 spiro atoms. The van der Waals surface area contributed by atoms with Gasteiger partial charge < -0.3 is 0 Å². The van der Waals surface area contributed by atoms with Gasteiger partial charge in [0.05, 0.1) is 0 Å². The Morgan fingerprint density at radius 1 is 1.40 bits per heavy atom. The van der Waals surface area contributed by atoms with Crippen molar-refractivity contribution in [2.75, 3.05) is 0 Å². The van der Waals surface area contributed by atoms with E-state index in [-0.39, 0.29) is 11.1 Å². The second kappa shape index (κ2) is 8.32. The molecule has 1 atom stereocenters. The second-order valence-electron chi connectivity index (χ2n) is 7.87. The van der Waals surface area contributed by atoms with Gasteiger partial charge in [-0.3, -0.25) is 4.98 Å². The van der Waals surface area contributed by atoms with Crippen LogP contribution in [-0.2, 0) is 6.42 Å². The highest BCUT2D eigenvalue weighted by Gasteiger charge is 2.26. The van der Waals surface area contributed by atoms with E-state index >= 15 is 0 Å². The highest BCUT2D eigenvalue weighted by Crippen LogP contribution is 2.40. The molecular formula is C21H31N3O. The third kappa shape index (κ3) is 5.73. The van der Waals surface area contributed by atoms with Crippen LogP contribution in [0.15, 0.2) is 51.9 Å². The fraction of sp³-hybridized carbons (Fsp3) is 0.524. The van der Waals surface area contributed by atoms with Crippen LogP contribution in [0.2, 0.25) is 0 Å². The van der Waals surface area contributed by atoms with Gasteiger partial charge in [-0.25, -0.2) is 9.89 Å². The van der Waals surface area contributed by atoms with Crippen molar-refractivity contribution in [2.45, 2.75) is 60.3 Å². The second-order valence-corrected chi connectivity index (χ2v) is 7.87. The number of nitrogens with zero attached hydrogens (tertiary/aromatic N) is 1. The van der Waals surface area contributed by atoms with Crippen molar-refractivity contribution in [1.29, 1.82) is 0 Å². The van der Waals surface area contributed by atoms with Crippen molar-refractivity contribution < 1.29 is 0 Å². The minimum absolute atomic E-state index is 0.248. The summed E-state index contributed by atoms with van der Waals surface area (Å²) in [7, 11) is 0. The topological polar surface area (TPSA) is 61.5 Å². The van der Waals surface area contributed by atoms with Gasteiger partial charge in [0.15, 0.2) is 0 Å². The van der Waals surface area contributed by atoms with Gasteiger partial charge in [-0.1, -0.05) is 62.3 Å². The van der Waals surface area contributed by atoms with Crippen LogP contribution in [0.25, 0.3) is 0 Å². The number of hydrogen-bond acceptors (Lipinski definition) is 2. The lowest BCUT2D eigenvalue weighted by atomic mass is 9.72. The quantitative estimate of drug-likeness (QED) is 0.726. The smallest absolute Gasteiger partial charge is 0.293 e. The van der Waals surface area contributed by atoms with Gasteiger partial charge in [-0.15, -0.1) is 0 Å². The number of rotatable bonds is 6. The summed E-state index contributed by atoms with van der Waals surface area (Å²) in [5, 5.41) is 6.34. The fourth-order valence-electron chi connectivity index (χ4n) is 3.45. The highest BCUT2D eigenvalue weighted by molar-refractivity contribution is 5.36. The van der Waals surface area contributed by atoms with Gasteiger partial charge in [0, 0.05) is 6.42 Å². The van der Waals surface area contributed by atoms with E-state index in [1.807, 2.05) is 0 Å². The first-order valence-corrected chi connectivity index (χ1v) is 9.15. The van der Waals surface area contributed by atoms with E-state index in [1.54, 1.807) is 0 Å². The van der Waals surface area contributed by atoms with Crippen molar-refractivity contribution >= 4 is 0 Å². The zero-order valence-electron chi connectivity index (χ0n) is 16.1. The molecule has 2 rings (SSSR count). The number of nitrogens with one attached hydrogen (secondary N) is 2. The molecule has 0 aliphatic heterocycles. The number of hydrogen-bond donors (Lipinski definition) is 2. The van der Waals surface area contributed by atoms with Gasteiger partial charge in [-0.2, -0.15) is 5.10 Å². The van der Waals surface area contributed by atoms with Crippen LogP contribution < -0.4 is 5.69 Å². The summed E-state index contributed by atoms with van der Waals surface area (Å²) in [6.45, 7) is 11.2. The maximum absolute atomic E-state index is 11.0. The van der Waals surface area contributed by atoms with E-state index in [4.69, 9.17) is 0 Å². The highest BCUT2D eigenvalue weighted by atomic mass is 16.1. The monoisotopic (exact) mass is 341 g/mol. The lowest BCUT2D eigenvalue weighted by Crippen LogP contribution is -2.19. The van der Waals surface area contributed by atoms with E-state index in [0.717, 1.165) is 6.42 Å². The van der Waals surface area contributed by atoms with Crippen molar-refractivity contribution in [1.82, 2.24) is 15.2 Å². The molecule has 1 aromatic heterocycles. The van der Waals surface area contributed by atoms with E-state index in [1.165, 1.54) is 36.0 Å². The molecule has 25 heavy (non-hydrogen) atoms. The Labute approximate surface area is 150 Å².